The van der Waals surface area contributed by atoms with Crippen LogP contribution in [0, 0.1) is 0 Å². The van der Waals surface area contributed by atoms with Gasteiger partial charge in [-0.05, 0) is 13.0 Å². The van der Waals surface area contributed by atoms with Crippen LogP contribution in [0.5, 0.6) is 5.75 Å². The molecule has 0 spiro atoms. The van der Waals surface area contributed by atoms with E-state index in [4.69, 9.17) is 9.47 Å². The SMILES string of the molecule is CCOC(=O)c1cnc(CNCc2c(OC)cc[nH]c2=O)s1. The molecule has 0 fully saturated rings. The lowest BCUT2D eigenvalue weighted by molar-refractivity contribution is 0.0532. The molecule has 0 unspecified atom stereocenters. The van der Waals surface area contributed by atoms with E-state index < -0.39 is 0 Å². The number of rotatable bonds is 7. The van der Waals surface area contributed by atoms with Crippen molar-refractivity contribution < 1.29 is 14.3 Å². The number of hydrogen-bond donors (Lipinski definition) is 2. The van der Waals surface area contributed by atoms with Crippen molar-refractivity contribution in [1.82, 2.24) is 15.3 Å². The molecular weight excluding hydrogens is 306 g/mol. The Hall–Kier alpha value is -2.19. The number of aromatic nitrogens is 2. The van der Waals surface area contributed by atoms with Gasteiger partial charge in [-0.1, -0.05) is 0 Å². The number of methoxy groups -OCH3 is 1. The number of H-pyrrole nitrogens is 1. The molecule has 0 aromatic carbocycles. The summed E-state index contributed by atoms with van der Waals surface area (Å²) in [4.78, 5) is 30.5. The predicted octanol–water partition coefficient (Wildman–Crippen LogP) is 1.31. The summed E-state index contributed by atoms with van der Waals surface area (Å²) in [5, 5.41) is 3.86. The largest absolute Gasteiger partial charge is 0.496 e. The number of carbonyl (C=O) groups excluding carboxylic acids is 1. The molecule has 22 heavy (non-hydrogen) atoms. The molecule has 0 amide bonds. The molecule has 2 N–H and O–H groups in total. The van der Waals surface area contributed by atoms with Crippen molar-refractivity contribution in [3.05, 3.63) is 44.3 Å². The minimum Gasteiger partial charge on any atom is -0.496 e. The second-order valence-electron chi connectivity index (χ2n) is 4.30. The minimum absolute atomic E-state index is 0.196. The second kappa shape index (κ2) is 7.71. The van der Waals surface area contributed by atoms with Crippen LogP contribution in [0.25, 0.3) is 0 Å². The normalized spacial score (nSPS) is 10.5. The standard InChI is InChI=1S/C14H17N3O4S/c1-3-21-14(19)11-7-17-12(22-11)8-15-6-9-10(20-2)4-5-16-13(9)18/h4-5,7,15H,3,6,8H2,1-2H3,(H,16,18). The van der Waals surface area contributed by atoms with Crippen molar-refractivity contribution in [2.45, 2.75) is 20.0 Å². The average Bonchev–Trinajstić information content (AvgIpc) is 2.98. The van der Waals surface area contributed by atoms with Gasteiger partial charge in [0.15, 0.2) is 0 Å². The third-order valence-corrected chi connectivity index (χ3v) is 3.83. The Morgan fingerprint density at radius 1 is 1.45 bits per heavy atom. The van der Waals surface area contributed by atoms with E-state index in [9.17, 15) is 9.59 Å². The average molecular weight is 323 g/mol. The number of nitrogens with zero attached hydrogens (tertiary/aromatic N) is 1. The van der Waals surface area contributed by atoms with Crippen LogP contribution in [0.3, 0.4) is 0 Å². The van der Waals surface area contributed by atoms with E-state index in [1.807, 2.05) is 0 Å². The molecular formula is C14H17N3O4S. The van der Waals surface area contributed by atoms with Crippen LogP contribution in [0.2, 0.25) is 0 Å². The maximum Gasteiger partial charge on any atom is 0.349 e. The molecule has 7 nitrogen and oxygen atoms in total. The molecule has 0 bridgehead atoms. The number of carbonyl (C=O) groups is 1. The van der Waals surface area contributed by atoms with Crippen molar-refractivity contribution in [1.29, 1.82) is 0 Å². The minimum atomic E-state index is -0.368. The summed E-state index contributed by atoms with van der Waals surface area (Å²) in [7, 11) is 1.52. The molecule has 2 aromatic rings. The molecule has 2 rings (SSSR count). The number of esters is 1. The van der Waals surface area contributed by atoms with Gasteiger partial charge in [-0.15, -0.1) is 11.3 Å². The predicted molar refractivity (Wildman–Crippen MR) is 82.2 cm³/mol. The number of nitrogens with one attached hydrogen (secondary N) is 2. The lowest BCUT2D eigenvalue weighted by Gasteiger charge is -2.07. The fourth-order valence-electron chi connectivity index (χ4n) is 1.83. The summed E-state index contributed by atoms with van der Waals surface area (Å²) in [5.74, 6) is 0.162. The topological polar surface area (TPSA) is 93.3 Å². The number of ether oxygens (including phenoxy) is 2. The van der Waals surface area contributed by atoms with Gasteiger partial charge in [0.2, 0.25) is 0 Å². The van der Waals surface area contributed by atoms with E-state index in [-0.39, 0.29) is 11.5 Å². The fraction of sp³-hybridized carbons (Fsp3) is 0.357. The number of aromatic amines is 1. The van der Waals surface area contributed by atoms with Gasteiger partial charge < -0.3 is 19.8 Å². The Kier molecular flexibility index (Phi) is 5.68. The van der Waals surface area contributed by atoms with Crippen molar-refractivity contribution in [3.8, 4) is 5.75 Å². The highest BCUT2D eigenvalue weighted by molar-refractivity contribution is 7.13. The van der Waals surface area contributed by atoms with Crippen molar-refractivity contribution >= 4 is 17.3 Å². The van der Waals surface area contributed by atoms with Crippen LogP contribution in [-0.2, 0) is 17.8 Å². The zero-order valence-electron chi connectivity index (χ0n) is 12.3. The third kappa shape index (κ3) is 3.92. The van der Waals surface area contributed by atoms with Gasteiger partial charge in [-0.3, -0.25) is 4.79 Å². The molecule has 2 aromatic heterocycles. The molecule has 8 heteroatoms. The summed E-state index contributed by atoms with van der Waals surface area (Å²) in [6, 6.07) is 1.70. The zero-order chi connectivity index (χ0) is 15.9. The smallest absolute Gasteiger partial charge is 0.349 e. The van der Waals surface area contributed by atoms with Crippen molar-refractivity contribution in [2.24, 2.45) is 0 Å². The van der Waals surface area contributed by atoms with Crippen LogP contribution in [0.4, 0.5) is 0 Å². The molecule has 0 aliphatic rings. The van der Waals surface area contributed by atoms with Crippen LogP contribution >= 0.6 is 11.3 Å². The Morgan fingerprint density at radius 2 is 2.27 bits per heavy atom. The van der Waals surface area contributed by atoms with E-state index in [0.29, 0.717) is 35.9 Å². The highest BCUT2D eigenvalue weighted by Crippen LogP contribution is 2.15. The molecule has 0 atom stereocenters. The van der Waals surface area contributed by atoms with Gasteiger partial charge in [-0.2, -0.15) is 0 Å². The van der Waals surface area contributed by atoms with Crippen LogP contribution in [0.1, 0.15) is 27.2 Å². The molecule has 2 heterocycles. The van der Waals surface area contributed by atoms with E-state index >= 15 is 0 Å². The Bertz CT molecular complexity index is 695. The van der Waals surface area contributed by atoms with Gasteiger partial charge in [0.25, 0.3) is 5.56 Å². The molecule has 118 valence electrons. The first-order valence-electron chi connectivity index (χ1n) is 6.72. The van der Waals surface area contributed by atoms with Gasteiger partial charge in [0.1, 0.15) is 15.6 Å². The van der Waals surface area contributed by atoms with Crippen LogP contribution in [-0.4, -0.2) is 29.7 Å². The summed E-state index contributed by atoms with van der Waals surface area (Å²) in [5.41, 5.74) is 0.324. The van der Waals surface area contributed by atoms with E-state index in [0.717, 1.165) is 5.01 Å². The molecule has 0 aliphatic heterocycles. The highest BCUT2D eigenvalue weighted by Gasteiger charge is 2.12. The third-order valence-electron chi connectivity index (χ3n) is 2.85. The van der Waals surface area contributed by atoms with Gasteiger partial charge in [0.05, 0.1) is 25.5 Å². The Balaban J connectivity index is 1.95. The summed E-state index contributed by atoms with van der Waals surface area (Å²) in [6.45, 7) is 2.88. The van der Waals surface area contributed by atoms with Crippen molar-refractivity contribution in [2.75, 3.05) is 13.7 Å². The molecule has 0 saturated heterocycles. The molecule has 0 radical (unpaired) electrons. The summed E-state index contributed by atoms with van der Waals surface area (Å²) >= 11 is 1.26. The molecule has 0 saturated carbocycles. The lowest BCUT2D eigenvalue weighted by Crippen LogP contribution is -2.21. The number of pyridine rings is 1. The van der Waals surface area contributed by atoms with Crippen LogP contribution in [0.15, 0.2) is 23.3 Å². The first-order chi connectivity index (χ1) is 10.7. The van der Waals surface area contributed by atoms with Gasteiger partial charge in [-0.25, -0.2) is 9.78 Å². The van der Waals surface area contributed by atoms with Gasteiger partial charge in [0, 0.05) is 19.3 Å². The van der Waals surface area contributed by atoms with Gasteiger partial charge >= 0.3 is 5.97 Å². The zero-order valence-corrected chi connectivity index (χ0v) is 13.2. The first kappa shape index (κ1) is 16.2. The second-order valence-corrected chi connectivity index (χ2v) is 5.41. The fourth-order valence-corrected chi connectivity index (χ4v) is 2.62. The Morgan fingerprint density at radius 3 is 3.00 bits per heavy atom. The Labute approximate surface area is 131 Å². The summed E-state index contributed by atoms with van der Waals surface area (Å²) < 4.78 is 10.1. The quantitative estimate of drug-likeness (QED) is 0.746. The lowest BCUT2D eigenvalue weighted by atomic mass is 10.2. The monoisotopic (exact) mass is 323 g/mol. The summed E-state index contributed by atoms with van der Waals surface area (Å²) in [6.07, 6.45) is 3.03. The van der Waals surface area contributed by atoms with Crippen molar-refractivity contribution in [3.63, 3.8) is 0 Å². The maximum absolute atomic E-state index is 11.8. The van der Waals surface area contributed by atoms with Crippen LogP contribution < -0.4 is 15.6 Å². The highest BCUT2D eigenvalue weighted by atomic mass is 32.1. The molecule has 0 aliphatic carbocycles. The number of hydrogen-bond acceptors (Lipinski definition) is 7. The number of thiazole rings is 1. The van der Waals surface area contributed by atoms with E-state index in [1.165, 1.54) is 30.8 Å². The van der Waals surface area contributed by atoms with E-state index in [2.05, 4.69) is 15.3 Å². The van der Waals surface area contributed by atoms with E-state index in [1.54, 1.807) is 13.0 Å². The maximum atomic E-state index is 11.8. The first-order valence-corrected chi connectivity index (χ1v) is 7.54.